The minimum Gasteiger partial charge on any atom is -0.0885 e. The van der Waals surface area contributed by atoms with Gasteiger partial charge in [0.25, 0.3) is 0 Å². The Morgan fingerprint density at radius 1 is 0.296 bits per heavy atom. The van der Waals surface area contributed by atoms with Gasteiger partial charge in [-0.2, -0.15) is 0 Å². The van der Waals surface area contributed by atoms with Crippen molar-refractivity contribution in [2.75, 3.05) is 0 Å². The second-order valence-electron chi connectivity index (χ2n) is 8.40. The zero-order chi connectivity index (χ0) is 19.7. The first-order valence-electron chi connectivity index (χ1n) is 12.7. The van der Waals surface area contributed by atoms with Crippen LogP contribution in [0.15, 0.2) is 24.3 Å². The summed E-state index contributed by atoms with van der Waals surface area (Å²) in [5.41, 5.74) is 0. The van der Waals surface area contributed by atoms with E-state index in [1.165, 1.54) is 135 Å². The quantitative estimate of drug-likeness (QED) is 0.130. The Bertz CT molecular complexity index is 299. The zero-order valence-corrected chi connectivity index (χ0v) is 19.2. The van der Waals surface area contributed by atoms with Crippen molar-refractivity contribution in [1.82, 2.24) is 0 Å². The van der Waals surface area contributed by atoms with E-state index in [9.17, 15) is 0 Å². The van der Waals surface area contributed by atoms with E-state index >= 15 is 0 Å². The average molecular weight is 377 g/mol. The standard InChI is InChI=1S/C27H52/c1-3-5-7-9-11-13-15-17-19-21-23-25-27-26-24-22-20-18-16-14-12-10-8-6-4-2/h13,15,25,27H,3-12,14,16-24,26H2,1-2H3. The molecule has 0 aliphatic heterocycles. The molecule has 0 N–H and O–H groups in total. The summed E-state index contributed by atoms with van der Waals surface area (Å²) in [6, 6.07) is 0. The van der Waals surface area contributed by atoms with Crippen LogP contribution in [0.1, 0.15) is 149 Å². The first kappa shape index (κ1) is 26.5. The first-order valence-corrected chi connectivity index (χ1v) is 12.7. The number of hydrogen-bond donors (Lipinski definition) is 0. The highest BCUT2D eigenvalue weighted by Gasteiger charge is 1.92. The minimum atomic E-state index is 1.28. The third-order valence-corrected chi connectivity index (χ3v) is 5.52. The van der Waals surface area contributed by atoms with Crippen LogP contribution in [-0.4, -0.2) is 0 Å². The molecule has 0 bridgehead atoms. The van der Waals surface area contributed by atoms with Gasteiger partial charge in [0, 0.05) is 0 Å². The molecule has 0 nitrogen and oxygen atoms in total. The van der Waals surface area contributed by atoms with Gasteiger partial charge in [-0.05, 0) is 51.4 Å². The molecule has 0 aromatic rings. The maximum Gasteiger partial charge on any atom is -0.0351 e. The Labute approximate surface area is 173 Å². The number of hydrogen-bond acceptors (Lipinski definition) is 0. The van der Waals surface area contributed by atoms with Gasteiger partial charge in [-0.25, -0.2) is 0 Å². The molecule has 0 unspecified atom stereocenters. The molecule has 0 amide bonds. The van der Waals surface area contributed by atoms with Crippen LogP contribution in [0, 0.1) is 0 Å². The largest absolute Gasteiger partial charge is 0.0885 e. The fourth-order valence-corrected chi connectivity index (χ4v) is 3.61. The minimum absolute atomic E-state index is 1.28. The van der Waals surface area contributed by atoms with E-state index in [1.54, 1.807) is 0 Å². The van der Waals surface area contributed by atoms with Crippen molar-refractivity contribution in [3.63, 3.8) is 0 Å². The third-order valence-electron chi connectivity index (χ3n) is 5.52. The van der Waals surface area contributed by atoms with E-state index in [4.69, 9.17) is 0 Å². The summed E-state index contributed by atoms with van der Waals surface area (Å²) in [6.45, 7) is 4.58. The van der Waals surface area contributed by atoms with Crippen LogP contribution in [0.2, 0.25) is 0 Å². The van der Waals surface area contributed by atoms with E-state index in [1.807, 2.05) is 0 Å². The third kappa shape index (κ3) is 25.5. The molecule has 0 aromatic carbocycles. The molecular formula is C27H52. The summed E-state index contributed by atoms with van der Waals surface area (Å²) in [6.07, 6.45) is 38.9. The van der Waals surface area contributed by atoms with Gasteiger partial charge in [-0.15, -0.1) is 0 Å². The Kier molecular flexibility index (Phi) is 25.0. The second kappa shape index (κ2) is 25.5. The van der Waals surface area contributed by atoms with E-state index in [-0.39, 0.29) is 0 Å². The van der Waals surface area contributed by atoms with Gasteiger partial charge in [-0.1, -0.05) is 122 Å². The van der Waals surface area contributed by atoms with Crippen LogP contribution in [0.25, 0.3) is 0 Å². The molecule has 0 radical (unpaired) electrons. The molecule has 0 heterocycles. The predicted octanol–water partition coefficient (Wildman–Crippen LogP) is 10.3. The molecule has 0 saturated carbocycles. The van der Waals surface area contributed by atoms with Crippen molar-refractivity contribution >= 4 is 0 Å². The van der Waals surface area contributed by atoms with Crippen LogP contribution in [0.5, 0.6) is 0 Å². The molecule has 27 heavy (non-hydrogen) atoms. The smallest absolute Gasteiger partial charge is 0.0351 e. The highest BCUT2D eigenvalue weighted by Crippen LogP contribution is 2.12. The Morgan fingerprint density at radius 2 is 0.519 bits per heavy atom. The van der Waals surface area contributed by atoms with E-state index < -0.39 is 0 Å². The molecule has 0 aliphatic carbocycles. The maximum atomic E-state index is 2.43. The molecule has 0 rings (SSSR count). The van der Waals surface area contributed by atoms with Gasteiger partial charge in [0.15, 0.2) is 0 Å². The van der Waals surface area contributed by atoms with E-state index in [0.717, 1.165) is 0 Å². The van der Waals surface area contributed by atoms with Crippen LogP contribution >= 0.6 is 0 Å². The van der Waals surface area contributed by atoms with Crippen molar-refractivity contribution in [2.24, 2.45) is 0 Å². The van der Waals surface area contributed by atoms with Crippen molar-refractivity contribution in [1.29, 1.82) is 0 Å². The van der Waals surface area contributed by atoms with Crippen molar-refractivity contribution < 1.29 is 0 Å². The van der Waals surface area contributed by atoms with Crippen molar-refractivity contribution in [2.45, 2.75) is 149 Å². The van der Waals surface area contributed by atoms with E-state index in [2.05, 4.69) is 38.2 Å². The second-order valence-corrected chi connectivity index (χ2v) is 8.40. The van der Waals surface area contributed by atoms with Gasteiger partial charge in [0.2, 0.25) is 0 Å². The lowest BCUT2D eigenvalue weighted by molar-refractivity contribution is 0.550. The molecule has 0 saturated heterocycles. The predicted molar refractivity (Wildman–Crippen MR) is 127 cm³/mol. The lowest BCUT2D eigenvalue weighted by Crippen LogP contribution is -1.82. The van der Waals surface area contributed by atoms with Gasteiger partial charge >= 0.3 is 0 Å². The molecule has 0 heteroatoms. The molecule has 160 valence electrons. The Hall–Kier alpha value is -0.520. The Morgan fingerprint density at radius 3 is 0.852 bits per heavy atom. The highest BCUT2D eigenvalue weighted by molar-refractivity contribution is 4.84. The lowest BCUT2D eigenvalue weighted by atomic mass is 10.1. The van der Waals surface area contributed by atoms with Crippen LogP contribution in [0.4, 0.5) is 0 Å². The van der Waals surface area contributed by atoms with Crippen LogP contribution in [0.3, 0.4) is 0 Å². The summed E-state index contributed by atoms with van der Waals surface area (Å²) in [5, 5.41) is 0. The van der Waals surface area contributed by atoms with Crippen LogP contribution in [-0.2, 0) is 0 Å². The van der Waals surface area contributed by atoms with Gasteiger partial charge < -0.3 is 0 Å². The lowest BCUT2D eigenvalue weighted by Gasteiger charge is -2.01. The van der Waals surface area contributed by atoms with Crippen LogP contribution < -0.4 is 0 Å². The summed E-state index contributed by atoms with van der Waals surface area (Å²) >= 11 is 0. The molecule has 0 aliphatic rings. The Balaban J connectivity index is 3.11. The highest BCUT2D eigenvalue weighted by atomic mass is 14.0. The maximum absolute atomic E-state index is 2.43. The summed E-state index contributed by atoms with van der Waals surface area (Å²) in [4.78, 5) is 0. The fraction of sp³-hybridized carbons (Fsp3) is 0.852. The van der Waals surface area contributed by atoms with Crippen molar-refractivity contribution in [3.8, 4) is 0 Å². The van der Waals surface area contributed by atoms with Gasteiger partial charge in [0.1, 0.15) is 0 Å². The molecule has 0 atom stereocenters. The number of rotatable bonds is 22. The topological polar surface area (TPSA) is 0 Å². The van der Waals surface area contributed by atoms with E-state index in [0.29, 0.717) is 0 Å². The normalized spacial score (nSPS) is 11.9. The van der Waals surface area contributed by atoms with Crippen molar-refractivity contribution in [3.05, 3.63) is 24.3 Å². The number of unbranched alkanes of at least 4 members (excludes halogenated alkanes) is 18. The first-order chi connectivity index (χ1) is 13.4. The van der Waals surface area contributed by atoms with Gasteiger partial charge in [-0.3, -0.25) is 0 Å². The number of allylic oxidation sites excluding steroid dienone is 4. The fourth-order valence-electron chi connectivity index (χ4n) is 3.61. The monoisotopic (exact) mass is 376 g/mol. The summed E-state index contributed by atoms with van der Waals surface area (Å²) < 4.78 is 0. The molecule has 0 spiro atoms. The molecule has 0 fully saturated rings. The SMILES string of the molecule is CCCCCCC=CCCCCC=CCCCCCCCCCCCCC. The van der Waals surface area contributed by atoms with Gasteiger partial charge in [0.05, 0.1) is 0 Å². The average Bonchev–Trinajstić information content (AvgIpc) is 2.68. The molecular weight excluding hydrogens is 324 g/mol. The zero-order valence-electron chi connectivity index (χ0n) is 19.2. The molecule has 0 aromatic heterocycles. The summed E-state index contributed by atoms with van der Waals surface area (Å²) in [7, 11) is 0. The summed E-state index contributed by atoms with van der Waals surface area (Å²) in [5.74, 6) is 0.